The highest BCUT2D eigenvalue weighted by Gasteiger charge is 2.41. The van der Waals surface area contributed by atoms with Crippen LogP contribution < -0.4 is 0 Å². The molecule has 3 aromatic heterocycles. The van der Waals surface area contributed by atoms with Crippen molar-refractivity contribution in [3.8, 4) is 0 Å². The van der Waals surface area contributed by atoms with Gasteiger partial charge in [0.15, 0.2) is 0 Å². The first kappa shape index (κ1) is 18.8. The molecule has 0 bridgehead atoms. The first-order valence-corrected chi connectivity index (χ1v) is 11.1. The Hall–Kier alpha value is -3.98. The first-order valence-electron chi connectivity index (χ1n) is 11.1. The molecule has 0 atom stereocenters. The van der Waals surface area contributed by atoms with Gasteiger partial charge in [0.05, 0.1) is 5.52 Å². The Morgan fingerprint density at radius 3 is 2.16 bits per heavy atom. The molecule has 2 aromatic carbocycles. The highest BCUT2D eigenvalue weighted by atomic mass is 15.1. The number of pyridine rings is 2. The summed E-state index contributed by atoms with van der Waals surface area (Å²) in [5.74, 6) is 0. The fourth-order valence-electron chi connectivity index (χ4n) is 5.16. The molecule has 5 aromatic rings. The Morgan fingerprint density at radius 1 is 0.719 bits per heavy atom. The molecule has 1 aliphatic rings. The van der Waals surface area contributed by atoms with E-state index < -0.39 is 5.54 Å². The van der Waals surface area contributed by atoms with Crippen LogP contribution in [0.5, 0.6) is 0 Å². The van der Waals surface area contributed by atoms with E-state index in [-0.39, 0.29) is 0 Å². The van der Waals surface area contributed by atoms with Crippen LogP contribution in [0.3, 0.4) is 0 Å². The lowest BCUT2D eigenvalue weighted by Crippen LogP contribution is -2.38. The van der Waals surface area contributed by atoms with Gasteiger partial charge < -0.3 is 4.57 Å². The summed E-state index contributed by atoms with van der Waals surface area (Å²) in [6.07, 6.45) is 14.8. The molecule has 0 amide bonds. The zero-order chi connectivity index (χ0) is 21.4. The summed E-state index contributed by atoms with van der Waals surface area (Å²) in [5.41, 5.74) is 5.22. The van der Waals surface area contributed by atoms with Crippen LogP contribution >= 0.6 is 0 Å². The minimum absolute atomic E-state index is 0.560. The van der Waals surface area contributed by atoms with Crippen molar-refractivity contribution in [1.29, 1.82) is 0 Å². The molecule has 32 heavy (non-hydrogen) atoms. The van der Waals surface area contributed by atoms with Crippen molar-refractivity contribution in [2.45, 2.75) is 18.4 Å². The van der Waals surface area contributed by atoms with E-state index in [1.165, 1.54) is 16.7 Å². The summed E-state index contributed by atoms with van der Waals surface area (Å²) >= 11 is 0. The van der Waals surface area contributed by atoms with Gasteiger partial charge in [-0.1, -0.05) is 78.9 Å². The van der Waals surface area contributed by atoms with E-state index in [1.54, 1.807) is 0 Å². The van der Waals surface area contributed by atoms with Gasteiger partial charge in [-0.15, -0.1) is 0 Å². The molecule has 0 aliphatic heterocycles. The molecular formula is C29H23N3. The van der Waals surface area contributed by atoms with Crippen LogP contribution in [-0.4, -0.2) is 14.5 Å². The normalized spacial score (nSPS) is 14.1. The van der Waals surface area contributed by atoms with E-state index in [4.69, 9.17) is 4.98 Å². The largest absolute Gasteiger partial charge is 0.307 e. The van der Waals surface area contributed by atoms with E-state index in [0.717, 1.165) is 34.8 Å². The molecule has 6 rings (SSSR count). The third-order valence-electron chi connectivity index (χ3n) is 6.46. The molecule has 154 valence electrons. The minimum Gasteiger partial charge on any atom is -0.307 e. The molecule has 0 saturated carbocycles. The van der Waals surface area contributed by atoms with Crippen molar-refractivity contribution in [2.75, 3.05) is 0 Å². The Kier molecular flexibility index (Phi) is 4.46. The van der Waals surface area contributed by atoms with Crippen LogP contribution in [0.25, 0.3) is 21.9 Å². The third-order valence-corrected chi connectivity index (χ3v) is 6.46. The van der Waals surface area contributed by atoms with Crippen molar-refractivity contribution in [3.05, 3.63) is 132 Å². The van der Waals surface area contributed by atoms with Crippen molar-refractivity contribution in [3.63, 3.8) is 0 Å². The average molecular weight is 414 g/mol. The molecule has 3 nitrogen and oxygen atoms in total. The van der Waals surface area contributed by atoms with Crippen LogP contribution in [0.15, 0.2) is 121 Å². The Balaban J connectivity index is 1.87. The van der Waals surface area contributed by atoms with Gasteiger partial charge >= 0.3 is 0 Å². The van der Waals surface area contributed by atoms with Crippen molar-refractivity contribution >= 4 is 21.9 Å². The molecule has 0 unspecified atom stereocenters. The monoisotopic (exact) mass is 413 g/mol. The van der Waals surface area contributed by atoms with E-state index in [2.05, 4.69) is 101 Å². The number of rotatable bonds is 4. The van der Waals surface area contributed by atoms with Crippen LogP contribution in [0.4, 0.5) is 0 Å². The van der Waals surface area contributed by atoms with Gasteiger partial charge in [0.1, 0.15) is 11.2 Å². The molecule has 3 heteroatoms. The van der Waals surface area contributed by atoms with Crippen LogP contribution in [0, 0.1) is 0 Å². The Bertz CT molecular complexity index is 1370. The summed E-state index contributed by atoms with van der Waals surface area (Å²) in [6, 6.07) is 27.9. The van der Waals surface area contributed by atoms with Gasteiger partial charge in [0.2, 0.25) is 0 Å². The lowest BCUT2D eigenvalue weighted by atomic mass is 9.74. The van der Waals surface area contributed by atoms with Gasteiger partial charge in [0, 0.05) is 29.4 Å². The van der Waals surface area contributed by atoms with Gasteiger partial charge in [-0.3, -0.25) is 4.98 Å². The smallest absolute Gasteiger partial charge is 0.142 e. The highest BCUT2D eigenvalue weighted by molar-refractivity contribution is 6.06. The Labute approximate surface area is 187 Å². The molecule has 1 aliphatic carbocycles. The van der Waals surface area contributed by atoms with E-state index in [1.807, 2.05) is 24.7 Å². The molecule has 0 fully saturated rings. The van der Waals surface area contributed by atoms with Crippen molar-refractivity contribution < 1.29 is 0 Å². The van der Waals surface area contributed by atoms with Crippen LogP contribution in [-0.2, 0) is 5.54 Å². The summed E-state index contributed by atoms with van der Waals surface area (Å²) in [7, 11) is 0. The maximum Gasteiger partial charge on any atom is 0.142 e. The highest BCUT2D eigenvalue weighted by Crippen LogP contribution is 2.46. The number of benzene rings is 2. The van der Waals surface area contributed by atoms with Crippen molar-refractivity contribution in [1.82, 2.24) is 14.5 Å². The average Bonchev–Trinajstić information content (AvgIpc) is 3.22. The topological polar surface area (TPSA) is 30.7 Å². The number of aromatic nitrogens is 3. The van der Waals surface area contributed by atoms with Gasteiger partial charge in [-0.25, -0.2) is 4.98 Å². The van der Waals surface area contributed by atoms with Gasteiger partial charge in [-0.05, 0) is 47.7 Å². The predicted octanol–water partition coefficient (Wildman–Crippen LogP) is 6.65. The standard InChI is InChI=1S/C29H23N3/c1-4-11-22(12-5-1)29(23-13-6-2-7-14-23,24-15-8-3-9-16-24)32-27-18-20-30-21-26(27)25-17-10-19-31-28(25)32/h1-2,4-8,10-21H,3,9H2. The predicted molar refractivity (Wildman–Crippen MR) is 131 cm³/mol. The minimum atomic E-state index is -0.560. The SMILES string of the molecule is C1=CC(C(c2ccccc2)(c2ccccc2)n2c3ccncc3c3cccnc32)=CCC1. The quantitative estimate of drug-likeness (QED) is 0.330. The molecule has 3 heterocycles. The lowest BCUT2D eigenvalue weighted by Gasteiger charge is -2.40. The van der Waals surface area contributed by atoms with Gasteiger partial charge in [0.25, 0.3) is 0 Å². The summed E-state index contributed by atoms with van der Waals surface area (Å²) in [4.78, 5) is 9.36. The molecule has 0 N–H and O–H groups in total. The third kappa shape index (κ3) is 2.68. The Morgan fingerprint density at radius 2 is 1.47 bits per heavy atom. The number of hydrogen-bond donors (Lipinski definition) is 0. The number of allylic oxidation sites excluding steroid dienone is 4. The van der Waals surface area contributed by atoms with Crippen molar-refractivity contribution in [2.24, 2.45) is 0 Å². The number of nitrogens with zero attached hydrogens (tertiary/aromatic N) is 3. The van der Waals surface area contributed by atoms with E-state index in [0.29, 0.717) is 0 Å². The number of hydrogen-bond acceptors (Lipinski definition) is 2. The van der Waals surface area contributed by atoms with E-state index in [9.17, 15) is 0 Å². The molecule has 0 saturated heterocycles. The number of fused-ring (bicyclic) bond motifs is 3. The fraction of sp³-hybridized carbons (Fsp3) is 0.103. The molecule has 0 spiro atoms. The zero-order valence-electron chi connectivity index (χ0n) is 17.7. The van der Waals surface area contributed by atoms with E-state index >= 15 is 0 Å². The fourth-order valence-corrected chi connectivity index (χ4v) is 5.16. The van der Waals surface area contributed by atoms with Crippen LogP contribution in [0.2, 0.25) is 0 Å². The molecule has 0 radical (unpaired) electrons. The second kappa shape index (κ2) is 7.61. The summed E-state index contributed by atoms with van der Waals surface area (Å²) < 4.78 is 2.42. The molecular weight excluding hydrogens is 390 g/mol. The maximum absolute atomic E-state index is 4.91. The lowest BCUT2D eigenvalue weighted by molar-refractivity contribution is 0.540. The summed E-state index contributed by atoms with van der Waals surface area (Å²) in [5, 5.41) is 2.24. The maximum atomic E-state index is 4.91. The second-order valence-corrected chi connectivity index (χ2v) is 8.18. The first-order chi connectivity index (χ1) is 15.9. The second-order valence-electron chi connectivity index (χ2n) is 8.18. The van der Waals surface area contributed by atoms with Gasteiger partial charge in [-0.2, -0.15) is 0 Å². The van der Waals surface area contributed by atoms with Crippen LogP contribution in [0.1, 0.15) is 24.0 Å². The zero-order valence-corrected chi connectivity index (χ0v) is 17.7. The summed E-state index contributed by atoms with van der Waals surface area (Å²) in [6.45, 7) is 0.